The molecular formula is C16H14ClNO4. The summed E-state index contributed by atoms with van der Waals surface area (Å²) in [6.07, 6.45) is 0.727. The number of carboxylic acid groups (broad SMARTS) is 1. The SMILES string of the molecule is O=C(CCc1ccc(Cl)cc1)Nc1ccc(O)cc1C(=O)O. The minimum Gasteiger partial charge on any atom is -0.508 e. The molecule has 0 aliphatic carbocycles. The number of anilines is 1. The van der Waals surface area contributed by atoms with Crippen LogP contribution in [0.15, 0.2) is 42.5 Å². The van der Waals surface area contributed by atoms with Crippen LogP contribution in [0.25, 0.3) is 0 Å². The molecule has 6 heteroatoms. The molecule has 0 unspecified atom stereocenters. The van der Waals surface area contributed by atoms with Gasteiger partial charge in [-0.3, -0.25) is 4.79 Å². The van der Waals surface area contributed by atoms with Gasteiger partial charge in [-0.25, -0.2) is 4.79 Å². The highest BCUT2D eigenvalue weighted by Gasteiger charge is 2.13. The Morgan fingerprint density at radius 2 is 1.77 bits per heavy atom. The van der Waals surface area contributed by atoms with Crippen molar-refractivity contribution >= 4 is 29.2 Å². The van der Waals surface area contributed by atoms with E-state index in [0.717, 1.165) is 11.6 Å². The van der Waals surface area contributed by atoms with Gasteiger partial charge in [-0.15, -0.1) is 0 Å². The van der Waals surface area contributed by atoms with E-state index in [-0.39, 0.29) is 29.3 Å². The number of phenols is 1. The summed E-state index contributed by atoms with van der Waals surface area (Å²) in [4.78, 5) is 23.0. The summed E-state index contributed by atoms with van der Waals surface area (Å²) in [6, 6.07) is 10.9. The Labute approximate surface area is 132 Å². The number of benzene rings is 2. The quantitative estimate of drug-likeness (QED) is 0.738. The molecule has 0 radical (unpaired) electrons. The highest BCUT2D eigenvalue weighted by atomic mass is 35.5. The van der Waals surface area contributed by atoms with Gasteiger partial charge < -0.3 is 15.5 Å². The molecule has 0 saturated heterocycles. The molecule has 2 rings (SSSR count). The Bertz CT molecular complexity index is 698. The molecule has 0 heterocycles. The van der Waals surface area contributed by atoms with E-state index in [0.29, 0.717) is 11.4 Å². The molecule has 3 N–H and O–H groups in total. The van der Waals surface area contributed by atoms with E-state index in [4.69, 9.17) is 16.7 Å². The van der Waals surface area contributed by atoms with Gasteiger partial charge in [-0.1, -0.05) is 23.7 Å². The highest BCUT2D eigenvalue weighted by Crippen LogP contribution is 2.21. The minimum atomic E-state index is -1.22. The summed E-state index contributed by atoms with van der Waals surface area (Å²) in [5.74, 6) is -1.69. The van der Waals surface area contributed by atoms with Crippen LogP contribution in [0.1, 0.15) is 22.3 Å². The van der Waals surface area contributed by atoms with Crippen molar-refractivity contribution in [3.63, 3.8) is 0 Å². The summed E-state index contributed by atoms with van der Waals surface area (Å²) >= 11 is 5.79. The van der Waals surface area contributed by atoms with Gasteiger partial charge in [0, 0.05) is 11.4 Å². The lowest BCUT2D eigenvalue weighted by Gasteiger charge is -2.09. The van der Waals surface area contributed by atoms with Gasteiger partial charge in [0.05, 0.1) is 11.3 Å². The van der Waals surface area contributed by atoms with Gasteiger partial charge in [0.1, 0.15) is 5.75 Å². The zero-order valence-corrected chi connectivity index (χ0v) is 12.3. The van der Waals surface area contributed by atoms with Crippen LogP contribution in [-0.4, -0.2) is 22.1 Å². The Kier molecular flexibility index (Phi) is 5.01. The first-order valence-corrected chi connectivity index (χ1v) is 6.94. The molecule has 2 aromatic carbocycles. The van der Waals surface area contributed by atoms with E-state index in [1.807, 2.05) is 12.1 Å². The fourth-order valence-electron chi connectivity index (χ4n) is 1.94. The Morgan fingerprint density at radius 3 is 2.41 bits per heavy atom. The van der Waals surface area contributed by atoms with Crippen molar-refractivity contribution in [2.24, 2.45) is 0 Å². The van der Waals surface area contributed by atoms with E-state index in [2.05, 4.69) is 5.32 Å². The Balaban J connectivity index is 2.00. The van der Waals surface area contributed by atoms with Gasteiger partial charge in [0.15, 0.2) is 0 Å². The van der Waals surface area contributed by atoms with E-state index >= 15 is 0 Å². The lowest BCUT2D eigenvalue weighted by molar-refractivity contribution is -0.116. The number of carbonyl (C=O) groups is 2. The number of hydrogen-bond donors (Lipinski definition) is 3. The molecule has 0 saturated carbocycles. The number of rotatable bonds is 5. The average molecular weight is 320 g/mol. The molecule has 0 atom stereocenters. The first kappa shape index (κ1) is 15.9. The van der Waals surface area contributed by atoms with E-state index < -0.39 is 5.97 Å². The lowest BCUT2D eigenvalue weighted by atomic mass is 10.1. The second-order valence-corrected chi connectivity index (χ2v) is 5.15. The zero-order valence-electron chi connectivity index (χ0n) is 11.5. The second kappa shape index (κ2) is 6.95. The normalized spacial score (nSPS) is 10.2. The number of nitrogens with one attached hydrogen (secondary N) is 1. The predicted molar refractivity (Wildman–Crippen MR) is 83.5 cm³/mol. The van der Waals surface area contributed by atoms with Crippen LogP contribution < -0.4 is 5.32 Å². The number of carboxylic acids is 1. The maximum absolute atomic E-state index is 11.9. The van der Waals surface area contributed by atoms with Crippen LogP contribution in [0.2, 0.25) is 5.02 Å². The van der Waals surface area contributed by atoms with Crippen molar-refractivity contribution in [3.8, 4) is 5.75 Å². The molecule has 0 aliphatic rings. The van der Waals surface area contributed by atoms with Crippen molar-refractivity contribution in [3.05, 3.63) is 58.6 Å². The first-order chi connectivity index (χ1) is 10.5. The standard InChI is InChI=1S/C16H14ClNO4/c17-11-4-1-10(2-5-11)3-8-15(20)18-14-7-6-12(19)9-13(14)16(21)22/h1-2,4-7,9,19H,3,8H2,(H,18,20)(H,21,22). The van der Waals surface area contributed by atoms with Crippen LogP contribution >= 0.6 is 11.6 Å². The Morgan fingerprint density at radius 1 is 1.09 bits per heavy atom. The summed E-state index contributed by atoms with van der Waals surface area (Å²) < 4.78 is 0. The van der Waals surface area contributed by atoms with Gasteiger partial charge in [-0.05, 0) is 42.3 Å². The molecule has 114 valence electrons. The van der Waals surface area contributed by atoms with Crippen molar-refractivity contribution in [1.29, 1.82) is 0 Å². The second-order valence-electron chi connectivity index (χ2n) is 4.71. The molecule has 0 spiro atoms. The third-order valence-electron chi connectivity index (χ3n) is 3.06. The average Bonchev–Trinajstić information content (AvgIpc) is 2.48. The van der Waals surface area contributed by atoms with Crippen molar-refractivity contribution < 1.29 is 19.8 Å². The molecule has 0 fully saturated rings. The lowest BCUT2D eigenvalue weighted by Crippen LogP contribution is -2.15. The maximum Gasteiger partial charge on any atom is 0.337 e. The van der Waals surface area contributed by atoms with Gasteiger partial charge in [-0.2, -0.15) is 0 Å². The van der Waals surface area contributed by atoms with E-state index in [1.165, 1.54) is 12.1 Å². The fourth-order valence-corrected chi connectivity index (χ4v) is 2.07. The molecule has 0 aliphatic heterocycles. The molecule has 2 aromatic rings. The minimum absolute atomic E-state index is 0.153. The van der Waals surface area contributed by atoms with Crippen molar-refractivity contribution in [2.45, 2.75) is 12.8 Å². The van der Waals surface area contributed by atoms with E-state index in [9.17, 15) is 14.7 Å². The van der Waals surface area contributed by atoms with Gasteiger partial charge in [0.25, 0.3) is 0 Å². The third kappa shape index (κ3) is 4.23. The molecular weight excluding hydrogens is 306 g/mol. The number of aryl methyl sites for hydroxylation is 1. The smallest absolute Gasteiger partial charge is 0.337 e. The zero-order chi connectivity index (χ0) is 16.1. The van der Waals surface area contributed by atoms with Crippen molar-refractivity contribution in [1.82, 2.24) is 0 Å². The molecule has 0 aromatic heterocycles. The summed E-state index contributed by atoms with van der Waals surface area (Å²) in [6.45, 7) is 0. The Hall–Kier alpha value is -2.53. The summed E-state index contributed by atoms with van der Waals surface area (Å²) in [7, 11) is 0. The van der Waals surface area contributed by atoms with Crippen LogP contribution in [0.5, 0.6) is 5.75 Å². The van der Waals surface area contributed by atoms with E-state index in [1.54, 1.807) is 12.1 Å². The number of halogens is 1. The number of amides is 1. The molecule has 5 nitrogen and oxygen atoms in total. The highest BCUT2D eigenvalue weighted by molar-refractivity contribution is 6.30. The van der Waals surface area contributed by atoms with Crippen LogP contribution in [-0.2, 0) is 11.2 Å². The fraction of sp³-hybridized carbons (Fsp3) is 0.125. The number of hydrogen-bond acceptors (Lipinski definition) is 3. The maximum atomic E-state index is 11.9. The number of phenolic OH excluding ortho intramolecular Hbond substituents is 1. The molecule has 0 bridgehead atoms. The van der Waals surface area contributed by atoms with Gasteiger partial charge >= 0.3 is 5.97 Å². The van der Waals surface area contributed by atoms with Gasteiger partial charge in [0.2, 0.25) is 5.91 Å². The first-order valence-electron chi connectivity index (χ1n) is 6.56. The number of aromatic hydroxyl groups is 1. The van der Waals surface area contributed by atoms with Crippen LogP contribution in [0.4, 0.5) is 5.69 Å². The largest absolute Gasteiger partial charge is 0.508 e. The molecule has 22 heavy (non-hydrogen) atoms. The molecule has 1 amide bonds. The third-order valence-corrected chi connectivity index (χ3v) is 3.31. The van der Waals surface area contributed by atoms with Crippen LogP contribution in [0, 0.1) is 0 Å². The number of aromatic carboxylic acids is 1. The summed E-state index contributed by atoms with van der Waals surface area (Å²) in [5.41, 5.74) is 0.968. The topological polar surface area (TPSA) is 86.6 Å². The number of carbonyl (C=O) groups excluding carboxylic acids is 1. The summed E-state index contributed by atoms with van der Waals surface area (Å²) in [5, 5.41) is 21.5. The van der Waals surface area contributed by atoms with Crippen LogP contribution in [0.3, 0.4) is 0 Å². The predicted octanol–water partition coefficient (Wildman–Crippen LogP) is 3.32. The monoisotopic (exact) mass is 319 g/mol. The van der Waals surface area contributed by atoms with Crippen molar-refractivity contribution in [2.75, 3.05) is 5.32 Å².